The molecular formula is C41H40ClN7O5S2. The molecule has 2 heterocycles. The Hall–Kier alpha value is -5.25. The smallest absolute Gasteiger partial charge is 0.293 e. The molecule has 1 aromatic heterocycles. The van der Waals surface area contributed by atoms with Gasteiger partial charge in [-0.25, -0.2) is 18.4 Å². The topological polar surface area (TPSA) is 154 Å². The van der Waals surface area contributed by atoms with Crippen molar-refractivity contribution in [3.05, 3.63) is 142 Å². The largest absolute Gasteiger partial charge is 0.396 e. The quantitative estimate of drug-likeness (QED) is 0.0527. The number of anilines is 3. The van der Waals surface area contributed by atoms with Gasteiger partial charge in [0.1, 0.15) is 12.0 Å². The number of nitrogens with one attached hydrogen (secondary N) is 2. The van der Waals surface area contributed by atoms with Crippen LogP contribution in [0, 0.1) is 10.1 Å². The third-order valence-corrected chi connectivity index (χ3v) is 12.4. The average molecular weight is 810 g/mol. The second kappa shape index (κ2) is 17.7. The molecule has 1 saturated heterocycles. The standard InChI is InChI=1S/C41H40ClN7O5S2/c42-31-11-14-36(29-7-3-1-4-8-29)30(23-31)26-47-18-20-48(21-19-47)33-12-15-37-39(24-33)43-28-44-41(37)46-56(53,54)35-13-16-38(40(25-35)49(51)52)45-32(17-22-50)27-55-34-9-5-2-6-10-34/h1-16,23-25,28,32,45,50H,17-22,26-27H2,(H,43,44,46)/t32-/m1/s1. The molecule has 6 aromatic rings. The molecule has 0 radical (unpaired) electrons. The number of aromatic nitrogens is 2. The van der Waals surface area contributed by atoms with E-state index in [0.717, 1.165) is 54.9 Å². The monoisotopic (exact) mass is 809 g/mol. The highest BCUT2D eigenvalue weighted by Crippen LogP contribution is 2.33. The molecule has 1 aliphatic heterocycles. The van der Waals surface area contributed by atoms with Gasteiger partial charge in [-0.1, -0.05) is 66.2 Å². The number of benzene rings is 5. The molecule has 0 aliphatic carbocycles. The lowest BCUT2D eigenvalue weighted by atomic mass is 9.99. The Morgan fingerprint density at radius 1 is 0.893 bits per heavy atom. The van der Waals surface area contributed by atoms with Gasteiger partial charge in [0, 0.05) is 78.2 Å². The lowest BCUT2D eigenvalue weighted by Crippen LogP contribution is -2.46. The fourth-order valence-corrected chi connectivity index (χ4v) is 8.98. The number of nitrogens with zero attached hydrogens (tertiary/aromatic N) is 5. The van der Waals surface area contributed by atoms with Gasteiger partial charge >= 0.3 is 0 Å². The number of nitro groups is 1. The zero-order chi connectivity index (χ0) is 39.1. The van der Waals surface area contributed by atoms with Crippen LogP contribution in [0.3, 0.4) is 0 Å². The van der Waals surface area contributed by atoms with Crippen LogP contribution in [0.1, 0.15) is 12.0 Å². The van der Waals surface area contributed by atoms with Crippen LogP contribution in [0.4, 0.5) is 22.9 Å². The Kier molecular flexibility index (Phi) is 12.3. The first-order valence-corrected chi connectivity index (χ1v) is 20.9. The third-order valence-electron chi connectivity index (χ3n) is 9.64. The van der Waals surface area contributed by atoms with Gasteiger partial charge in [0.2, 0.25) is 0 Å². The van der Waals surface area contributed by atoms with E-state index in [1.165, 1.54) is 29.6 Å². The van der Waals surface area contributed by atoms with E-state index < -0.39 is 20.6 Å². The minimum atomic E-state index is -4.29. The van der Waals surface area contributed by atoms with E-state index >= 15 is 0 Å². The molecule has 0 spiro atoms. The van der Waals surface area contributed by atoms with Crippen molar-refractivity contribution in [3.63, 3.8) is 0 Å². The minimum Gasteiger partial charge on any atom is -0.396 e. The number of hydrogen-bond donors (Lipinski definition) is 3. The molecule has 3 N–H and O–H groups in total. The van der Waals surface area contributed by atoms with Crippen LogP contribution < -0.4 is 14.9 Å². The van der Waals surface area contributed by atoms with Gasteiger partial charge < -0.3 is 15.3 Å². The molecule has 1 atom stereocenters. The number of halogens is 1. The molecule has 288 valence electrons. The average Bonchev–Trinajstić information content (AvgIpc) is 3.21. The van der Waals surface area contributed by atoms with E-state index in [-0.39, 0.29) is 29.0 Å². The Balaban J connectivity index is 1.02. The van der Waals surface area contributed by atoms with E-state index in [9.17, 15) is 23.6 Å². The Labute approximate surface area is 334 Å². The molecular weight excluding hydrogens is 770 g/mol. The number of nitro benzene ring substituents is 1. The van der Waals surface area contributed by atoms with Crippen LogP contribution >= 0.6 is 23.4 Å². The van der Waals surface area contributed by atoms with Crippen molar-refractivity contribution in [1.82, 2.24) is 14.9 Å². The number of fused-ring (bicyclic) bond motifs is 1. The molecule has 5 aromatic carbocycles. The highest BCUT2D eigenvalue weighted by Gasteiger charge is 2.25. The number of aliphatic hydroxyl groups excluding tert-OH is 1. The van der Waals surface area contributed by atoms with Gasteiger partial charge in [-0.3, -0.25) is 19.7 Å². The molecule has 7 rings (SSSR count). The summed E-state index contributed by atoms with van der Waals surface area (Å²) >= 11 is 7.96. The maximum absolute atomic E-state index is 13.6. The number of thioether (sulfide) groups is 1. The van der Waals surface area contributed by atoms with Crippen molar-refractivity contribution in [2.45, 2.75) is 28.8 Å². The van der Waals surface area contributed by atoms with Crippen LogP contribution in [0.5, 0.6) is 0 Å². The number of aliphatic hydroxyl groups is 1. The van der Waals surface area contributed by atoms with Crippen molar-refractivity contribution in [2.75, 3.05) is 53.5 Å². The Morgan fingerprint density at radius 3 is 2.38 bits per heavy atom. The van der Waals surface area contributed by atoms with Crippen molar-refractivity contribution in [2.24, 2.45) is 0 Å². The van der Waals surface area contributed by atoms with Gasteiger partial charge in [0.25, 0.3) is 15.7 Å². The summed E-state index contributed by atoms with van der Waals surface area (Å²) < 4.78 is 29.8. The third kappa shape index (κ3) is 9.40. The summed E-state index contributed by atoms with van der Waals surface area (Å²) in [6, 6.07) is 35.1. The molecule has 0 amide bonds. The fraction of sp³-hybridized carbons (Fsp3) is 0.220. The summed E-state index contributed by atoms with van der Waals surface area (Å²) in [5.41, 5.74) is 4.77. The van der Waals surface area contributed by atoms with Crippen LogP contribution in [0.2, 0.25) is 5.02 Å². The number of hydrogen-bond acceptors (Lipinski definition) is 11. The van der Waals surface area contributed by atoms with Gasteiger partial charge in [0.05, 0.1) is 15.3 Å². The first kappa shape index (κ1) is 39.0. The maximum atomic E-state index is 13.6. The Morgan fingerprint density at radius 2 is 1.64 bits per heavy atom. The summed E-state index contributed by atoms with van der Waals surface area (Å²) in [6.45, 7) is 3.89. The van der Waals surface area contributed by atoms with Crippen LogP contribution in [0.15, 0.2) is 131 Å². The number of piperazine rings is 1. The molecule has 0 saturated carbocycles. The zero-order valence-corrected chi connectivity index (χ0v) is 32.7. The van der Waals surface area contributed by atoms with E-state index in [0.29, 0.717) is 28.1 Å². The summed E-state index contributed by atoms with van der Waals surface area (Å²) in [5, 5.41) is 26.1. The highest BCUT2D eigenvalue weighted by atomic mass is 35.5. The summed E-state index contributed by atoms with van der Waals surface area (Å²) in [6.07, 6.45) is 1.64. The molecule has 1 fully saturated rings. The summed E-state index contributed by atoms with van der Waals surface area (Å²) in [7, 11) is -4.29. The predicted molar refractivity (Wildman–Crippen MR) is 224 cm³/mol. The van der Waals surface area contributed by atoms with Crippen molar-refractivity contribution >= 4 is 67.2 Å². The highest BCUT2D eigenvalue weighted by molar-refractivity contribution is 7.99. The second-order valence-corrected chi connectivity index (χ2v) is 16.6. The van der Waals surface area contributed by atoms with Crippen LogP contribution in [-0.2, 0) is 16.6 Å². The van der Waals surface area contributed by atoms with E-state index in [1.54, 1.807) is 17.8 Å². The number of rotatable bonds is 15. The lowest BCUT2D eigenvalue weighted by molar-refractivity contribution is -0.384. The lowest BCUT2D eigenvalue weighted by Gasteiger charge is -2.36. The molecule has 0 unspecified atom stereocenters. The molecule has 56 heavy (non-hydrogen) atoms. The first-order chi connectivity index (χ1) is 27.2. The zero-order valence-electron chi connectivity index (χ0n) is 30.3. The SMILES string of the molecule is O=[N+]([O-])c1cc(S(=O)(=O)Nc2ncnc3cc(N4CCN(Cc5cc(Cl)ccc5-c5ccccc5)CC4)ccc23)ccc1N[C@H](CCO)CSc1ccccc1. The fourth-order valence-electron chi connectivity index (χ4n) is 6.75. The van der Waals surface area contributed by atoms with Crippen molar-refractivity contribution in [3.8, 4) is 11.1 Å². The van der Waals surface area contributed by atoms with Crippen molar-refractivity contribution < 1.29 is 18.4 Å². The van der Waals surface area contributed by atoms with Crippen LogP contribution in [0.25, 0.3) is 22.0 Å². The van der Waals surface area contributed by atoms with Gasteiger partial charge in [-0.05, 0) is 77.7 Å². The van der Waals surface area contributed by atoms with Gasteiger partial charge in [0.15, 0.2) is 5.82 Å². The first-order valence-electron chi connectivity index (χ1n) is 18.1. The molecule has 1 aliphatic rings. The minimum absolute atomic E-state index is 0.0629. The van der Waals surface area contributed by atoms with Crippen molar-refractivity contribution in [1.29, 1.82) is 0 Å². The maximum Gasteiger partial charge on any atom is 0.293 e. The summed E-state index contributed by atoms with van der Waals surface area (Å²) in [5.74, 6) is 0.593. The predicted octanol–water partition coefficient (Wildman–Crippen LogP) is 7.94. The van der Waals surface area contributed by atoms with E-state index in [4.69, 9.17) is 11.6 Å². The Bertz CT molecular complexity index is 2420. The second-order valence-electron chi connectivity index (χ2n) is 13.4. The van der Waals surface area contributed by atoms with Gasteiger partial charge in [-0.2, -0.15) is 0 Å². The molecule has 15 heteroatoms. The molecule has 12 nitrogen and oxygen atoms in total. The number of sulfonamides is 1. The van der Waals surface area contributed by atoms with E-state index in [1.807, 2.05) is 72.8 Å². The van der Waals surface area contributed by atoms with E-state index in [2.05, 4.69) is 48.0 Å². The van der Waals surface area contributed by atoms with Crippen LogP contribution in [-0.4, -0.2) is 77.9 Å². The normalized spacial score (nSPS) is 14.1. The summed E-state index contributed by atoms with van der Waals surface area (Å²) in [4.78, 5) is 25.6. The molecule has 0 bridgehead atoms. The van der Waals surface area contributed by atoms with Gasteiger partial charge in [-0.15, -0.1) is 11.8 Å².